The molecule has 0 atom stereocenters. The van der Waals surface area contributed by atoms with Crippen LogP contribution in [0.2, 0.25) is 0 Å². The van der Waals surface area contributed by atoms with Crippen LogP contribution in [0.15, 0.2) is 41.5 Å². The molecule has 2 aromatic rings. The summed E-state index contributed by atoms with van der Waals surface area (Å²) in [5.74, 6) is -1.22. The van der Waals surface area contributed by atoms with Crippen molar-refractivity contribution in [1.82, 2.24) is 9.55 Å². The van der Waals surface area contributed by atoms with Crippen LogP contribution in [0, 0.1) is 6.92 Å². The van der Waals surface area contributed by atoms with Crippen LogP contribution in [-0.4, -0.2) is 20.6 Å². The minimum Gasteiger partial charge on any atom is -0.477 e. The third-order valence-electron chi connectivity index (χ3n) is 2.50. The Morgan fingerprint density at radius 3 is 2.83 bits per heavy atom. The van der Waals surface area contributed by atoms with Gasteiger partial charge in [-0.2, -0.15) is 0 Å². The number of hydrogen-bond donors (Lipinski definition) is 1. The van der Waals surface area contributed by atoms with Gasteiger partial charge in [0.1, 0.15) is 5.56 Å². The fourth-order valence-electron chi connectivity index (χ4n) is 1.66. The molecule has 0 bridgehead atoms. The Balaban J connectivity index is 2.33. The van der Waals surface area contributed by atoms with Crippen LogP contribution < -0.4 is 5.43 Å². The molecule has 0 radical (unpaired) electrons. The molecular weight excluding hydrogens is 232 g/mol. The lowest BCUT2D eigenvalue weighted by Crippen LogP contribution is -2.17. The lowest BCUT2D eigenvalue weighted by molar-refractivity contribution is 0.0694. The van der Waals surface area contributed by atoms with Crippen molar-refractivity contribution in [2.45, 2.75) is 13.5 Å². The number of rotatable bonds is 3. The molecule has 0 aliphatic rings. The number of carboxylic acid groups (broad SMARTS) is 1. The zero-order valence-electron chi connectivity index (χ0n) is 9.83. The number of carboxylic acids is 1. The van der Waals surface area contributed by atoms with Gasteiger partial charge in [0.2, 0.25) is 0 Å². The molecule has 0 aliphatic heterocycles. The summed E-state index contributed by atoms with van der Waals surface area (Å²) in [6.45, 7) is 2.32. The molecule has 0 unspecified atom stereocenters. The molecule has 92 valence electrons. The Kier molecular flexibility index (Phi) is 3.23. The molecule has 0 aromatic carbocycles. The maximum Gasteiger partial charge on any atom is 0.341 e. The summed E-state index contributed by atoms with van der Waals surface area (Å²) < 4.78 is 1.63. The molecule has 2 heterocycles. The highest BCUT2D eigenvalue weighted by molar-refractivity contribution is 5.86. The number of aromatic nitrogens is 2. The first-order chi connectivity index (χ1) is 8.56. The first-order valence-corrected chi connectivity index (χ1v) is 5.42. The van der Waals surface area contributed by atoms with Crippen molar-refractivity contribution in [3.8, 4) is 0 Å². The van der Waals surface area contributed by atoms with Crippen LogP contribution in [0.4, 0.5) is 0 Å². The predicted molar refractivity (Wildman–Crippen MR) is 65.7 cm³/mol. The second-order valence-corrected chi connectivity index (χ2v) is 3.97. The SMILES string of the molecule is Cc1cccc(Cn2ccc(=O)c(C(=O)O)c2)n1. The lowest BCUT2D eigenvalue weighted by atomic mass is 10.2. The summed E-state index contributed by atoms with van der Waals surface area (Å²) in [5.41, 5.74) is 0.989. The molecule has 0 fully saturated rings. The van der Waals surface area contributed by atoms with Crippen molar-refractivity contribution in [3.63, 3.8) is 0 Å². The first kappa shape index (κ1) is 12.0. The summed E-state index contributed by atoms with van der Waals surface area (Å²) in [7, 11) is 0. The fraction of sp³-hybridized carbons (Fsp3) is 0.154. The Bertz CT molecular complexity index is 647. The lowest BCUT2D eigenvalue weighted by Gasteiger charge is -2.07. The second kappa shape index (κ2) is 4.83. The molecule has 5 heteroatoms. The summed E-state index contributed by atoms with van der Waals surface area (Å²) in [4.78, 5) is 26.5. The fourth-order valence-corrected chi connectivity index (χ4v) is 1.66. The molecule has 2 aromatic heterocycles. The molecule has 0 spiro atoms. The summed E-state index contributed by atoms with van der Waals surface area (Å²) >= 11 is 0. The van der Waals surface area contributed by atoms with Gasteiger partial charge in [-0.15, -0.1) is 0 Å². The molecule has 0 amide bonds. The third kappa shape index (κ3) is 2.63. The van der Waals surface area contributed by atoms with Gasteiger partial charge in [0.15, 0.2) is 5.43 Å². The Morgan fingerprint density at radius 2 is 2.17 bits per heavy atom. The number of hydrogen-bond acceptors (Lipinski definition) is 3. The highest BCUT2D eigenvalue weighted by Gasteiger charge is 2.08. The minimum absolute atomic E-state index is 0.231. The van der Waals surface area contributed by atoms with E-state index in [9.17, 15) is 9.59 Å². The Morgan fingerprint density at radius 1 is 1.39 bits per heavy atom. The number of nitrogens with zero attached hydrogens (tertiary/aromatic N) is 2. The van der Waals surface area contributed by atoms with Crippen molar-refractivity contribution < 1.29 is 9.90 Å². The van der Waals surface area contributed by atoms with Gasteiger partial charge >= 0.3 is 5.97 Å². The third-order valence-corrected chi connectivity index (χ3v) is 2.50. The summed E-state index contributed by atoms with van der Waals surface area (Å²) in [5, 5.41) is 8.87. The Hall–Kier alpha value is -2.43. The van der Waals surface area contributed by atoms with E-state index < -0.39 is 11.4 Å². The first-order valence-electron chi connectivity index (χ1n) is 5.42. The van der Waals surface area contributed by atoms with Gasteiger partial charge in [0, 0.05) is 24.2 Å². The van der Waals surface area contributed by atoms with Gasteiger partial charge < -0.3 is 9.67 Å². The van der Waals surface area contributed by atoms with Crippen LogP contribution in [0.5, 0.6) is 0 Å². The highest BCUT2D eigenvalue weighted by atomic mass is 16.4. The van der Waals surface area contributed by atoms with Gasteiger partial charge in [-0.25, -0.2) is 4.79 Å². The van der Waals surface area contributed by atoms with Gasteiger partial charge in [-0.3, -0.25) is 9.78 Å². The van der Waals surface area contributed by atoms with Gasteiger partial charge in [0.05, 0.1) is 12.2 Å². The van der Waals surface area contributed by atoms with Crippen molar-refractivity contribution in [2.75, 3.05) is 0 Å². The zero-order valence-corrected chi connectivity index (χ0v) is 9.83. The van der Waals surface area contributed by atoms with Crippen LogP contribution >= 0.6 is 0 Å². The molecule has 1 N–H and O–H groups in total. The van der Waals surface area contributed by atoms with Crippen molar-refractivity contribution in [2.24, 2.45) is 0 Å². The predicted octanol–water partition coefficient (Wildman–Crippen LogP) is 1.30. The average Bonchev–Trinajstić information content (AvgIpc) is 2.31. The van der Waals surface area contributed by atoms with E-state index in [1.807, 2.05) is 25.1 Å². The quantitative estimate of drug-likeness (QED) is 0.883. The van der Waals surface area contributed by atoms with Crippen molar-refractivity contribution in [3.05, 3.63) is 63.8 Å². The molecule has 0 saturated heterocycles. The van der Waals surface area contributed by atoms with E-state index in [1.54, 1.807) is 10.8 Å². The van der Waals surface area contributed by atoms with Gasteiger partial charge in [0.25, 0.3) is 0 Å². The van der Waals surface area contributed by atoms with E-state index in [2.05, 4.69) is 4.98 Å². The van der Waals surface area contributed by atoms with E-state index in [0.717, 1.165) is 11.4 Å². The topological polar surface area (TPSA) is 72.2 Å². The largest absolute Gasteiger partial charge is 0.477 e. The molecular formula is C13H12N2O3. The van der Waals surface area contributed by atoms with E-state index in [4.69, 9.17) is 5.11 Å². The summed E-state index contributed by atoms with van der Waals surface area (Å²) in [6.07, 6.45) is 2.88. The standard InChI is InChI=1S/C13H12N2O3/c1-9-3-2-4-10(14-9)7-15-6-5-12(16)11(8-15)13(17)18/h2-6,8H,7H2,1H3,(H,17,18). The van der Waals surface area contributed by atoms with Crippen LogP contribution in [-0.2, 0) is 6.54 Å². The normalized spacial score (nSPS) is 10.3. The molecule has 18 heavy (non-hydrogen) atoms. The minimum atomic E-state index is -1.22. The van der Waals surface area contributed by atoms with Crippen LogP contribution in [0.3, 0.4) is 0 Å². The van der Waals surface area contributed by atoms with E-state index >= 15 is 0 Å². The maximum absolute atomic E-state index is 11.3. The average molecular weight is 244 g/mol. The zero-order chi connectivity index (χ0) is 13.1. The molecule has 0 saturated carbocycles. The highest BCUT2D eigenvalue weighted by Crippen LogP contribution is 2.02. The molecule has 2 rings (SSSR count). The number of carbonyl (C=O) groups is 1. The summed E-state index contributed by atoms with van der Waals surface area (Å²) in [6, 6.07) is 6.88. The molecule has 5 nitrogen and oxygen atoms in total. The van der Waals surface area contributed by atoms with Crippen LogP contribution in [0.1, 0.15) is 21.7 Å². The van der Waals surface area contributed by atoms with Crippen LogP contribution in [0.25, 0.3) is 0 Å². The van der Waals surface area contributed by atoms with Crippen molar-refractivity contribution in [1.29, 1.82) is 0 Å². The second-order valence-electron chi connectivity index (χ2n) is 3.97. The van der Waals surface area contributed by atoms with Gasteiger partial charge in [-0.1, -0.05) is 6.07 Å². The van der Waals surface area contributed by atoms with E-state index in [-0.39, 0.29) is 5.56 Å². The monoisotopic (exact) mass is 244 g/mol. The number of pyridine rings is 2. The molecule has 0 aliphatic carbocycles. The van der Waals surface area contributed by atoms with E-state index in [0.29, 0.717) is 6.54 Å². The smallest absolute Gasteiger partial charge is 0.341 e. The Labute approximate surface area is 103 Å². The van der Waals surface area contributed by atoms with Gasteiger partial charge in [-0.05, 0) is 19.1 Å². The maximum atomic E-state index is 11.3. The number of aryl methyl sites for hydroxylation is 1. The van der Waals surface area contributed by atoms with E-state index in [1.165, 1.54) is 12.3 Å². The number of aromatic carboxylic acids is 1. The van der Waals surface area contributed by atoms with Crippen molar-refractivity contribution >= 4 is 5.97 Å².